The number of carbonyl (C=O) groups excluding carboxylic acids is 3. The van der Waals surface area contributed by atoms with Gasteiger partial charge in [0.2, 0.25) is 17.7 Å². The zero-order chi connectivity index (χ0) is 18.5. The molecule has 0 radical (unpaired) electrons. The van der Waals surface area contributed by atoms with Crippen LogP contribution in [-0.4, -0.2) is 48.4 Å². The number of nitrogens with zero attached hydrogens (tertiary/aromatic N) is 1. The molecule has 2 fully saturated rings. The van der Waals surface area contributed by atoms with Crippen LogP contribution in [0.25, 0.3) is 0 Å². The van der Waals surface area contributed by atoms with Gasteiger partial charge in [-0.3, -0.25) is 14.4 Å². The lowest BCUT2D eigenvalue weighted by molar-refractivity contribution is -0.131. The third kappa shape index (κ3) is 4.78. The Morgan fingerprint density at radius 3 is 2.65 bits per heavy atom. The van der Waals surface area contributed by atoms with Crippen LogP contribution in [0.5, 0.6) is 0 Å². The summed E-state index contributed by atoms with van der Waals surface area (Å²) < 4.78 is 0. The first-order valence-corrected chi connectivity index (χ1v) is 10.4. The van der Waals surface area contributed by atoms with E-state index in [2.05, 4.69) is 10.6 Å². The minimum absolute atomic E-state index is 0.0561. The minimum atomic E-state index is -0.531. The minimum Gasteiger partial charge on any atom is -0.352 e. The van der Waals surface area contributed by atoms with Gasteiger partial charge < -0.3 is 15.5 Å². The number of hydrogen-bond acceptors (Lipinski definition) is 4. The number of nitrogens with one attached hydrogen (secondary N) is 2. The van der Waals surface area contributed by atoms with Gasteiger partial charge in [-0.2, -0.15) is 11.8 Å². The Hall–Kier alpha value is -2.02. The van der Waals surface area contributed by atoms with E-state index in [1.807, 2.05) is 36.6 Å². The Labute approximate surface area is 158 Å². The first-order chi connectivity index (χ1) is 12.6. The van der Waals surface area contributed by atoms with Crippen LogP contribution in [-0.2, 0) is 14.4 Å². The van der Waals surface area contributed by atoms with E-state index in [1.54, 1.807) is 16.7 Å². The van der Waals surface area contributed by atoms with Gasteiger partial charge in [-0.15, -0.1) is 0 Å². The van der Waals surface area contributed by atoms with Crippen LogP contribution in [0, 0.1) is 5.92 Å². The first-order valence-electron chi connectivity index (χ1n) is 9.03. The molecule has 1 aliphatic carbocycles. The highest BCUT2D eigenvalue weighted by Crippen LogP contribution is 2.25. The Balaban J connectivity index is 1.60. The molecule has 3 rings (SSSR count). The van der Waals surface area contributed by atoms with E-state index in [0.717, 1.165) is 24.3 Å². The van der Waals surface area contributed by atoms with Gasteiger partial charge in [0.05, 0.1) is 5.92 Å². The summed E-state index contributed by atoms with van der Waals surface area (Å²) in [7, 11) is 0. The number of hydrogen-bond donors (Lipinski definition) is 2. The average Bonchev–Trinajstić information content (AvgIpc) is 3.37. The number of thioether (sulfide) groups is 1. The molecule has 6 nitrogen and oxygen atoms in total. The molecule has 140 valence electrons. The van der Waals surface area contributed by atoms with Crippen LogP contribution in [0.3, 0.4) is 0 Å². The fraction of sp³-hybridized carbons (Fsp3) is 0.526. The van der Waals surface area contributed by atoms with Crippen molar-refractivity contribution >= 4 is 35.2 Å². The van der Waals surface area contributed by atoms with Crippen molar-refractivity contribution in [3.8, 4) is 0 Å². The maximum absolute atomic E-state index is 12.7. The molecule has 1 aromatic carbocycles. The maximum atomic E-state index is 12.7. The Morgan fingerprint density at radius 2 is 2.00 bits per heavy atom. The lowest BCUT2D eigenvalue weighted by atomic mass is 10.1. The van der Waals surface area contributed by atoms with Gasteiger partial charge in [0.25, 0.3) is 0 Å². The van der Waals surface area contributed by atoms with E-state index in [0.29, 0.717) is 13.0 Å². The molecule has 2 unspecified atom stereocenters. The van der Waals surface area contributed by atoms with Gasteiger partial charge in [-0.25, -0.2) is 0 Å². The van der Waals surface area contributed by atoms with Crippen LogP contribution >= 0.6 is 11.8 Å². The molecule has 0 aromatic heterocycles. The summed E-state index contributed by atoms with van der Waals surface area (Å²) in [5.41, 5.74) is 0.804. The van der Waals surface area contributed by atoms with Gasteiger partial charge in [-0.1, -0.05) is 18.2 Å². The molecule has 3 amide bonds. The quantitative estimate of drug-likeness (QED) is 0.723. The van der Waals surface area contributed by atoms with Crippen molar-refractivity contribution in [2.24, 2.45) is 5.92 Å². The summed E-state index contributed by atoms with van der Waals surface area (Å²) in [6.07, 6.45) is 4.77. The molecule has 2 atom stereocenters. The van der Waals surface area contributed by atoms with E-state index in [4.69, 9.17) is 0 Å². The number of amides is 3. The van der Waals surface area contributed by atoms with Crippen LogP contribution in [0.15, 0.2) is 30.3 Å². The van der Waals surface area contributed by atoms with Crippen LogP contribution in [0.4, 0.5) is 5.69 Å². The van der Waals surface area contributed by atoms with Gasteiger partial charge >= 0.3 is 0 Å². The molecule has 0 bridgehead atoms. The second-order valence-electron chi connectivity index (χ2n) is 6.87. The maximum Gasteiger partial charge on any atom is 0.242 e. The smallest absolute Gasteiger partial charge is 0.242 e. The van der Waals surface area contributed by atoms with Crippen molar-refractivity contribution in [3.05, 3.63) is 30.3 Å². The number of para-hydroxylation sites is 1. The lowest BCUT2D eigenvalue weighted by Gasteiger charge is -2.20. The lowest BCUT2D eigenvalue weighted by Crippen LogP contribution is -2.49. The van der Waals surface area contributed by atoms with Gasteiger partial charge in [0, 0.05) is 24.7 Å². The molecule has 1 saturated carbocycles. The highest BCUT2D eigenvalue weighted by molar-refractivity contribution is 7.98. The Morgan fingerprint density at radius 1 is 1.27 bits per heavy atom. The Bertz CT molecular complexity index is 663. The summed E-state index contributed by atoms with van der Waals surface area (Å²) >= 11 is 1.65. The van der Waals surface area contributed by atoms with E-state index in [-0.39, 0.29) is 30.2 Å². The molecule has 7 heteroatoms. The molecule has 1 heterocycles. The third-order valence-corrected chi connectivity index (χ3v) is 5.38. The molecule has 0 spiro atoms. The largest absolute Gasteiger partial charge is 0.352 e. The van der Waals surface area contributed by atoms with Crippen molar-refractivity contribution in [2.45, 2.75) is 37.8 Å². The molecule has 2 aliphatic rings. The monoisotopic (exact) mass is 375 g/mol. The van der Waals surface area contributed by atoms with E-state index in [1.165, 1.54) is 0 Å². The third-order valence-electron chi connectivity index (χ3n) is 4.73. The van der Waals surface area contributed by atoms with E-state index < -0.39 is 12.0 Å². The number of anilines is 1. The second kappa shape index (κ2) is 8.58. The molecule has 26 heavy (non-hydrogen) atoms. The van der Waals surface area contributed by atoms with Gasteiger partial charge in [0.15, 0.2) is 0 Å². The zero-order valence-electron chi connectivity index (χ0n) is 14.9. The highest BCUT2D eigenvalue weighted by atomic mass is 32.2. The van der Waals surface area contributed by atoms with Crippen molar-refractivity contribution in [3.63, 3.8) is 0 Å². The van der Waals surface area contributed by atoms with Crippen molar-refractivity contribution in [1.29, 1.82) is 0 Å². The molecule has 1 aromatic rings. The Kier molecular flexibility index (Phi) is 6.19. The molecular weight excluding hydrogens is 350 g/mol. The van der Waals surface area contributed by atoms with Crippen molar-refractivity contribution < 1.29 is 14.4 Å². The number of benzene rings is 1. The van der Waals surface area contributed by atoms with Crippen LogP contribution < -0.4 is 15.5 Å². The predicted molar refractivity (Wildman–Crippen MR) is 103 cm³/mol. The van der Waals surface area contributed by atoms with E-state index in [9.17, 15) is 14.4 Å². The second-order valence-corrected chi connectivity index (χ2v) is 7.85. The first kappa shape index (κ1) is 18.8. The number of rotatable bonds is 8. The standard InChI is InChI=1S/C19H25N3O3S/c1-26-10-9-16(19(25)20-14-7-8-14)21-18(24)13-11-17(23)22(12-13)15-5-3-2-4-6-15/h2-6,13-14,16H,7-12H2,1H3,(H,20,25)(H,21,24). The van der Waals surface area contributed by atoms with E-state index >= 15 is 0 Å². The molecule has 1 saturated heterocycles. The van der Waals surface area contributed by atoms with Crippen molar-refractivity contribution in [2.75, 3.05) is 23.5 Å². The SMILES string of the molecule is CSCCC(NC(=O)C1CC(=O)N(c2ccccc2)C1)C(=O)NC1CC1. The predicted octanol–water partition coefficient (Wildman–Crippen LogP) is 1.56. The van der Waals surface area contributed by atoms with Crippen LogP contribution in [0.2, 0.25) is 0 Å². The summed E-state index contributed by atoms with van der Waals surface area (Å²) in [6.45, 7) is 0.355. The summed E-state index contributed by atoms with van der Waals surface area (Å²) in [5, 5.41) is 5.84. The average molecular weight is 375 g/mol. The fourth-order valence-electron chi connectivity index (χ4n) is 3.06. The summed E-state index contributed by atoms with van der Waals surface area (Å²) in [4.78, 5) is 39.0. The molecule has 2 N–H and O–H groups in total. The summed E-state index contributed by atoms with van der Waals surface area (Å²) in [5.74, 6) is -0.0106. The van der Waals surface area contributed by atoms with Crippen molar-refractivity contribution in [1.82, 2.24) is 10.6 Å². The molecular formula is C19H25N3O3S. The van der Waals surface area contributed by atoms with Gasteiger partial charge in [0.1, 0.15) is 6.04 Å². The fourth-order valence-corrected chi connectivity index (χ4v) is 3.54. The molecule has 1 aliphatic heterocycles. The zero-order valence-corrected chi connectivity index (χ0v) is 15.8. The van der Waals surface area contributed by atoms with Gasteiger partial charge in [-0.05, 0) is 43.4 Å². The normalized spacial score (nSPS) is 20.7. The van der Waals surface area contributed by atoms with Crippen LogP contribution in [0.1, 0.15) is 25.7 Å². The highest BCUT2D eigenvalue weighted by Gasteiger charge is 2.37. The number of carbonyl (C=O) groups is 3. The summed E-state index contributed by atoms with van der Waals surface area (Å²) in [6, 6.07) is 9.09. The topological polar surface area (TPSA) is 78.5 Å².